The molecule has 0 aliphatic heterocycles. The monoisotopic (exact) mass is 316 g/mol. The average Bonchev–Trinajstić information content (AvgIpc) is 2.57. The molecule has 0 saturated carbocycles. The van der Waals surface area contributed by atoms with E-state index >= 15 is 0 Å². The van der Waals surface area contributed by atoms with E-state index in [2.05, 4.69) is 55.5 Å². The van der Waals surface area contributed by atoms with Gasteiger partial charge in [-0.3, -0.25) is 9.59 Å². The highest BCUT2D eigenvalue weighted by Crippen LogP contribution is 2.01. The summed E-state index contributed by atoms with van der Waals surface area (Å²) < 4.78 is 0. The molecule has 0 bridgehead atoms. The van der Waals surface area contributed by atoms with Gasteiger partial charge in [0.05, 0.1) is 0 Å². The number of rotatable bonds is 15. The molecule has 2 nitrogen and oxygen atoms in total. The third-order valence-electron chi connectivity index (χ3n) is 3.38. The number of hydrogen-bond donors (Lipinski definition) is 0. The fourth-order valence-electron chi connectivity index (χ4n) is 2.01. The van der Waals surface area contributed by atoms with Gasteiger partial charge >= 0.3 is 0 Å². The van der Waals surface area contributed by atoms with E-state index in [9.17, 15) is 9.59 Å². The smallest absolute Gasteiger partial charge is 0.195 e. The van der Waals surface area contributed by atoms with Crippen LogP contribution in [0.2, 0.25) is 0 Å². The minimum absolute atomic E-state index is 0.305. The Morgan fingerprint density at radius 3 is 1.65 bits per heavy atom. The maximum Gasteiger partial charge on any atom is 0.195 e. The zero-order chi connectivity index (χ0) is 17.0. The molecule has 0 aromatic carbocycles. The number of carbonyl (C=O) groups is 2. The molecule has 0 unspecified atom stereocenters. The molecule has 0 radical (unpaired) electrons. The number of ketones is 1. The lowest BCUT2D eigenvalue weighted by molar-refractivity contribution is -0.129. The number of hydrogen-bond acceptors (Lipinski definition) is 2. The van der Waals surface area contributed by atoms with Gasteiger partial charge in [-0.05, 0) is 44.9 Å². The largest absolute Gasteiger partial charge is 0.295 e. The average molecular weight is 316 g/mol. The van der Waals surface area contributed by atoms with Gasteiger partial charge in [0.1, 0.15) is 0 Å². The molecule has 0 heterocycles. The van der Waals surface area contributed by atoms with Gasteiger partial charge in [-0.15, -0.1) is 0 Å². The maximum atomic E-state index is 10.8. The van der Waals surface area contributed by atoms with Gasteiger partial charge in [0, 0.05) is 6.42 Å². The molecule has 2 heteroatoms. The van der Waals surface area contributed by atoms with Crippen LogP contribution in [0.5, 0.6) is 0 Å². The van der Waals surface area contributed by atoms with Gasteiger partial charge in [0.25, 0.3) is 0 Å². The Bertz CT molecular complexity index is 400. The fraction of sp³-hybridized carbons (Fsp3) is 0.524. The molecule has 0 aliphatic carbocycles. The summed E-state index contributed by atoms with van der Waals surface area (Å²) in [5, 5.41) is 0. The van der Waals surface area contributed by atoms with Crippen molar-refractivity contribution in [3.8, 4) is 0 Å². The van der Waals surface area contributed by atoms with Crippen LogP contribution in [0.25, 0.3) is 0 Å². The van der Waals surface area contributed by atoms with Gasteiger partial charge in [0.2, 0.25) is 0 Å². The summed E-state index contributed by atoms with van der Waals surface area (Å²) in [5.41, 5.74) is 0. The van der Waals surface area contributed by atoms with Crippen LogP contribution in [0.1, 0.15) is 71.1 Å². The van der Waals surface area contributed by atoms with Crippen LogP contribution in [0, 0.1) is 0 Å². The standard InChI is InChI=1S/C21H32O2/c1-2-3-4-5-6-7-8-9-10-11-12-13-14-15-16-17-18-19-21(23)20-22/h6-7,9-10,12-13,15-16,20H,2-5,8,11,14,17-19H2,1H3/b7-6+,10-9+,13-12+,16-15+. The molecule has 0 rings (SSSR count). The van der Waals surface area contributed by atoms with E-state index in [1.807, 2.05) is 0 Å². The molecule has 0 amide bonds. The lowest BCUT2D eigenvalue weighted by atomic mass is 10.2. The third kappa shape index (κ3) is 18.3. The summed E-state index contributed by atoms with van der Waals surface area (Å²) in [5.74, 6) is -0.305. The first-order valence-electron chi connectivity index (χ1n) is 8.89. The van der Waals surface area contributed by atoms with Crippen molar-refractivity contribution >= 4 is 12.1 Å². The Kier molecular flexibility index (Phi) is 17.0. The quantitative estimate of drug-likeness (QED) is 0.163. The second-order valence-electron chi connectivity index (χ2n) is 5.56. The van der Waals surface area contributed by atoms with Crippen LogP contribution < -0.4 is 0 Å². The van der Waals surface area contributed by atoms with Crippen LogP contribution in [0.3, 0.4) is 0 Å². The molecule has 128 valence electrons. The van der Waals surface area contributed by atoms with Crippen LogP contribution in [-0.4, -0.2) is 12.1 Å². The van der Waals surface area contributed by atoms with Crippen LogP contribution in [0.4, 0.5) is 0 Å². The third-order valence-corrected chi connectivity index (χ3v) is 3.38. The molecule has 0 N–H and O–H groups in total. The van der Waals surface area contributed by atoms with Crippen molar-refractivity contribution in [3.05, 3.63) is 48.6 Å². The van der Waals surface area contributed by atoms with Gasteiger partial charge in [0.15, 0.2) is 12.1 Å². The molecular formula is C21H32O2. The number of allylic oxidation sites excluding steroid dienone is 8. The molecule has 0 fully saturated rings. The second-order valence-corrected chi connectivity index (χ2v) is 5.56. The predicted molar refractivity (Wildman–Crippen MR) is 99.5 cm³/mol. The number of aldehydes is 1. The zero-order valence-corrected chi connectivity index (χ0v) is 14.6. The van der Waals surface area contributed by atoms with E-state index in [-0.39, 0.29) is 5.78 Å². The normalized spacial score (nSPS) is 12.2. The highest BCUT2D eigenvalue weighted by atomic mass is 16.2. The highest BCUT2D eigenvalue weighted by molar-refractivity contribution is 6.24. The minimum atomic E-state index is -0.305. The number of unbranched alkanes of at least 4 members (excludes halogenated alkanes) is 4. The van der Waals surface area contributed by atoms with Crippen molar-refractivity contribution in [2.24, 2.45) is 0 Å². The molecule has 0 aliphatic rings. The van der Waals surface area contributed by atoms with Crippen molar-refractivity contribution in [3.63, 3.8) is 0 Å². The summed E-state index contributed by atoms with van der Waals surface area (Å²) in [6.45, 7) is 2.23. The summed E-state index contributed by atoms with van der Waals surface area (Å²) in [6, 6.07) is 0. The van der Waals surface area contributed by atoms with E-state index in [0.29, 0.717) is 12.7 Å². The summed E-state index contributed by atoms with van der Waals surface area (Å²) in [4.78, 5) is 20.9. The predicted octanol–water partition coefficient (Wildman–Crippen LogP) is 5.90. The van der Waals surface area contributed by atoms with Crippen LogP contribution in [-0.2, 0) is 9.59 Å². The Morgan fingerprint density at radius 2 is 1.17 bits per heavy atom. The molecular weight excluding hydrogens is 284 g/mol. The van der Waals surface area contributed by atoms with Gasteiger partial charge < -0.3 is 0 Å². The number of carbonyl (C=O) groups excluding carboxylic acids is 2. The first-order chi connectivity index (χ1) is 11.3. The fourth-order valence-corrected chi connectivity index (χ4v) is 2.01. The summed E-state index contributed by atoms with van der Waals surface area (Å²) >= 11 is 0. The van der Waals surface area contributed by atoms with E-state index in [1.54, 1.807) is 0 Å². The van der Waals surface area contributed by atoms with Crippen LogP contribution >= 0.6 is 0 Å². The Balaban J connectivity index is 3.44. The van der Waals surface area contributed by atoms with E-state index in [0.717, 1.165) is 32.1 Å². The zero-order valence-electron chi connectivity index (χ0n) is 14.6. The molecule has 0 atom stereocenters. The summed E-state index contributed by atoms with van der Waals surface area (Å²) in [7, 11) is 0. The van der Waals surface area contributed by atoms with E-state index in [1.165, 1.54) is 25.7 Å². The second kappa shape index (κ2) is 18.3. The first kappa shape index (κ1) is 21.3. The topological polar surface area (TPSA) is 34.1 Å². The Morgan fingerprint density at radius 1 is 0.696 bits per heavy atom. The SMILES string of the molecule is CCCCC/C=C/C/C=C/C/C=C/C/C=C/CCCC(=O)C=O. The summed E-state index contributed by atoms with van der Waals surface area (Å²) in [6.07, 6.45) is 27.9. The van der Waals surface area contributed by atoms with E-state index in [4.69, 9.17) is 0 Å². The van der Waals surface area contributed by atoms with Crippen molar-refractivity contribution in [2.45, 2.75) is 71.1 Å². The van der Waals surface area contributed by atoms with E-state index < -0.39 is 0 Å². The van der Waals surface area contributed by atoms with Gasteiger partial charge in [-0.2, -0.15) is 0 Å². The van der Waals surface area contributed by atoms with Crippen molar-refractivity contribution < 1.29 is 9.59 Å². The Labute approximate surface area is 142 Å². The van der Waals surface area contributed by atoms with Crippen molar-refractivity contribution in [1.82, 2.24) is 0 Å². The number of Topliss-reactive ketones (excluding diaryl/α,β-unsaturated/α-hetero) is 1. The minimum Gasteiger partial charge on any atom is -0.295 e. The molecule has 0 saturated heterocycles. The van der Waals surface area contributed by atoms with Gasteiger partial charge in [-0.25, -0.2) is 0 Å². The first-order valence-corrected chi connectivity index (χ1v) is 8.89. The van der Waals surface area contributed by atoms with Gasteiger partial charge in [-0.1, -0.05) is 68.4 Å². The van der Waals surface area contributed by atoms with Crippen LogP contribution in [0.15, 0.2) is 48.6 Å². The lowest BCUT2D eigenvalue weighted by Crippen LogP contribution is -1.96. The molecule has 0 aromatic heterocycles. The van der Waals surface area contributed by atoms with Crippen molar-refractivity contribution in [2.75, 3.05) is 0 Å². The molecule has 23 heavy (non-hydrogen) atoms. The lowest BCUT2D eigenvalue weighted by Gasteiger charge is -1.90. The molecule has 0 spiro atoms. The van der Waals surface area contributed by atoms with Crippen molar-refractivity contribution in [1.29, 1.82) is 0 Å². The highest BCUT2D eigenvalue weighted by Gasteiger charge is 1.95. The molecule has 0 aromatic rings. The Hall–Kier alpha value is -1.70. The maximum absolute atomic E-state index is 10.8.